The highest BCUT2D eigenvalue weighted by Crippen LogP contribution is 2.35. The van der Waals surface area contributed by atoms with E-state index < -0.39 is 11.4 Å². The van der Waals surface area contributed by atoms with Crippen molar-refractivity contribution in [3.05, 3.63) is 29.3 Å². The lowest BCUT2D eigenvalue weighted by Crippen LogP contribution is -2.23. The van der Waals surface area contributed by atoms with Crippen LogP contribution < -0.4 is 0 Å². The van der Waals surface area contributed by atoms with Gasteiger partial charge < -0.3 is 0 Å². The second-order valence-corrected chi connectivity index (χ2v) is 4.24. The Morgan fingerprint density at radius 2 is 2.07 bits per heavy atom. The van der Waals surface area contributed by atoms with Gasteiger partial charge in [-0.2, -0.15) is 18.4 Å². The maximum Gasteiger partial charge on any atom is 0.413 e. The van der Waals surface area contributed by atoms with E-state index >= 15 is 0 Å². The smallest absolute Gasteiger partial charge is 0.197 e. The molecule has 0 N–H and O–H groups in total. The van der Waals surface area contributed by atoms with Crippen LogP contribution >= 0.6 is 23.4 Å². The number of thioether (sulfide) groups is 1. The Hall–Kier alpha value is -0.860. The SMILES string of the molecule is N#CC(Sc1cccc(Cl)c1)C(F)(F)F. The molecule has 0 saturated heterocycles. The molecule has 1 atom stereocenters. The summed E-state index contributed by atoms with van der Waals surface area (Å²) in [5.74, 6) is 0. The van der Waals surface area contributed by atoms with Crippen molar-refractivity contribution in [3.63, 3.8) is 0 Å². The van der Waals surface area contributed by atoms with Crippen molar-refractivity contribution in [1.29, 1.82) is 5.26 Å². The zero-order valence-electron chi connectivity index (χ0n) is 7.25. The number of hydrogen-bond acceptors (Lipinski definition) is 2. The Kier molecular flexibility index (Phi) is 3.89. The van der Waals surface area contributed by atoms with Crippen LogP contribution in [0, 0.1) is 11.3 Å². The van der Waals surface area contributed by atoms with Gasteiger partial charge in [-0.1, -0.05) is 29.4 Å². The van der Waals surface area contributed by atoms with Crippen LogP contribution in [0.25, 0.3) is 0 Å². The molecule has 80 valence electrons. The van der Waals surface area contributed by atoms with Gasteiger partial charge in [0.1, 0.15) is 0 Å². The van der Waals surface area contributed by atoms with Crippen LogP contribution in [0.5, 0.6) is 0 Å². The third kappa shape index (κ3) is 3.65. The minimum absolute atomic E-state index is 0.325. The number of nitrogens with zero attached hydrogens (tertiary/aromatic N) is 1. The summed E-state index contributed by atoms with van der Waals surface area (Å²) in [6.45, 7) is 0. The van der Waals surface area contributed by atoms with Crippen molar-refractivity contribution in [2.45, 2.75) is 16.3 Å². The Bertz CT molecular complexity index is 386. The molecule has 1 aromatic carbocycles. The fraction of sp³-hybridized carbons (Fsp3) is 0.222. The first-order valence-electron chi connectivity index (χ1n) is 3.82. The second kappa shape index (κ2) is 4.77. The summed E-state index contributed by atoms with van der Waals surface area (Å²) in [5.41, 5.74) is 0. The monoisotopic (exact) mass is 251 g/mol. The van der Waals surface area contributed by atoms with Crippen molar-refractivity contribution in [2.24, 2.45) is 0 Å². The quantitative estimate of drug-likeness (QED) is 0.745. The van der Waals surface area contributed by atoms with Crippen LogP contribution in [0.2, 0.25) is 5.02 Å². The number of rotatable bonds is 2. The molecule has 1 rings (SSSR count). The van der Waals surface area contributed by atoms with E-state index in [0.717, 1.165) is 0 Å². The Morgan fingerprint density at radius 1 is 1.40 bits per heavy atom. The highest BCUT2D eigenvalue weighted by molar-refractivity contribution is 8.00. The summed E-state index contributed by atoms with van der Waals surface area (Å²) in [7, 11) is 0. The van der Waals surface area contributed by atoms with Crippen LogP contribution in [-0.4, -0.2) is 11.4 Å². The molecule has 0 fully saturated rings. The zero-order valence-corrected chi connectivity index (χ0v) is 8.83. The van der Waals surface area contributed by atoms with Gasteiger partial charge in [-0.3, -0.25) is 0 Å². The minimum Gasteiger partial charge on any atom is -0.197 e. The van der Waals surface area contributed by atoms with Gasteiger partial charge in [0.25, 0.3) is 0 Å². The molecule has 0 aromatic heterocycles. The van der Waals surface area contributed by atoms with E-state index in [-0.39, 0.29) is 0 Å². The third-order valence-corrected chi connectivity index (χ3v) is 2.83. The number of nitriles is 1. The minimum atomic E-state index is -4.53. The van der Waals surface area contributed by atoms with Crippen LogP contribution in [0.3, 0.4) is 0 Å². The number of benzene rings is 1. The molecule has 6 heteroatoms. The van der Waals surface area contributed by atoms with Gasteiger partial charge in [0.15, 0.2) is 5.25 Å². The maximum atomic E-state index is 12.2. The van der Waals surface area contributed by atoms with Crippen LogP contribution in [-0.2, 0) is 0 Å². The summed E-state index contributed by atoms with van der Waals surface area (Å²) < 4.78 is 36.7. The van der Waals surface area contributed by atoms with E-state index in [1.165, 1.54) is 24.3 Å². The molecule has 15 heavy (non-hydrogen) atoms. The number of halogens is 4. The van der Waals surface area contributed by atoms with Gasteiger partial charge in [-0.15, -0.1) is 0 Å². The molecule has 0 bridgehead atoms. The molecule has 0 saturated carbocycles. The molecule has 0 aliphatic heterocycles. The normalized spacial score (nSPS) is 13.3. The molecule has 0 radical (unpaired) electrons. The van der Waals surface area contributed by atoms with E-state index in [1.54, 1.807) is 6.07 Å². The van der Waals surface area contributed by atoms with Crippen molar-refractivity contribution in [2.75, 3.05) is 0 Å². The summed E-state index contributed by atoms with van der Waals surface area (Å²) in [6.07, 6.45) is -4.53. The predicted octanol–water partition coefficient (Wildman–Crippen LogP) is 3.89. The molecule has 1 aromatic rings. The van der Waals surface area contributed by atoms with E-state index in [2.05, 4.69) is 0 Å². The zero-order chi connectivity index (χ0) is 11.5. The predicted molar refractivity (Wildman–Crippen MR) is 52.8 cm³/mol. The van der Waals surface area contributed by atoms with Gasteiger partial charge >= 0.3 is 6.18 Å². The van der Waals surface area contributed by atoms with Crippen molar-refractivity contribution in [3.8, 4) is 6.07 Å². The van der Waals surface area contributed by atoms with E-state index in [0.29, 0.717) is 21.7 Å². The van der Waals surface area contributed by atoms with Gasteiger partial charge in [0.2, 0.25) is 0 Å². The summed E-state index contributed by atoms with van der Waals surface area (Å²) >= 11 is 6.05. The van der Waals surface area contributed by atoms with Crippen LogP contribution in [0.4, 0.5) is 13.2 Å². The van der Waals surface area contributed by atoms with E-state index in [9.17, 15) is 13.2 Å². The third-order valence-electron chi connectivity index (χ3n) is 1.46. The van der Waals surface area contributed by atoms with E-state index in [1.807, 2.05) is 0 Å². The molecule has 0 aliphatic rings. The van der Waals surface area contributed by atoms with Crippen molar-refractivity contribution < 1.29 is 13.2 Å². The van der Waals surface area contributed by atoms with E-state index in [4.69, 9.17) is 16.9 Å². The van der Waals surface area contributed by atoms with Gasteiger partial charge in [-0.05, 0) is 18.2 Å². The lowest BCUT2D eigenvalue weighted by Gasteiger charge is -2.12. The highest BCUT2D eigenvalue weighted by atomic mass is 35.5. The topological polar surface area (TPSA) is 23.8 Å². The van der Waals surface area contributed by atoms with Crippen molar-refractivity contribution >= 4 is 23.4 Å². The molecule has 1 nitrogen and oxygen atoms in total. The maximum absolute atomic E-state index is 12.2. The van der Waals surface area contributed by atoms with Gasteiger partial charge in [0, 0.05) is 9.92 Å². The lowest BCUT2D eigenvalue weighted by atomic mass is 10.4. The first kappa shape index (κ1) is 12.2. The molecule has 0 amide bonds. The molecular weight excluding hydrogens is 247 g/mol. The molecule has 0 spiro atoms. The highest BCUT2D eigenvalue weighted by Gasteiger charge is 2.40. The summed E-state index contributed by atoms with van der Waals surface area (Å²) in [4.78, 5) is 0.325. The first-order chi connectivity index (χ1) is 6.93. The number of hydrogen-bond donors (Lipinski definition) is 0. The van der Waals surface area contributed by atoms with Crippen LogP contribution in [0.15, 0.2) is 29.2 Å². The molecule has 1 unspecified atom stereocenters. The molecular formula is C9H5ClF3NS. The fourth-order valence-corrected chi connectivity index (χ4v) is 1.91. The van der Waals surface area contributed by atoms with Gasteiger partial charge in [-0.25, -0.2) is 0 Å². The van der Waals surface area contributed by atoms with Crippen molar-refractivity contribution in [1.82, 2.24) is 0 Å². The first-order valence-corrected chi connectivity index (χ1v) is 5.08. The Balaban J connectivity index is 2.82. The lowest BCUT2D eigenvalue weighted by molar-refractivity contribution is -0.118. The van der Waals surface area contributed by atoms with Crippen LogP contribution in [0.1, 0.15) is 0 Å². The summed E-state index contributed by atoms with van der Waals surface area (Å²) in [6, 6.07) is 7.17. The standard InChI is InChI=1S/C9H5ClF3NS/c10-6-2-1-3-7(4-6)15-8(5-14)9(11,12)13/h1-4,8H. The van der Waals surface area contributed by atoms with Gasteiger partial charge in [0.05, 0.1) is 6.07 Å². The fourth-order valence-electron chi connectivity index (χ4n) is 0.843. The Morgan fingerprint density at radius 3 is 2.53 bits per heavy atom. The largest absolute Gasteiger partial charge is 0.413 e. The molecule has 0 aliphatic carbocycles. The molecule has 0 heterocycles. The second-order valence-electron chi connectivity index (χ2n) is 2.63. The Labute approximate surface area is 93.8 Å². The average Bonchev–Trinajstić information content (AvgIpc) is 2.12. The number of alkyl halides is 3. The average molecular weight is 252 g/mol. The summed E-state index contributed by atoms with van der Waals surface area (Å²) in [5, 5.41) is 6.66.